The van der Waals surface area contributed by atoms with Crippen LogP contribution in [-0.2, 0) is 14.8 Å². The number of carbonyl (C=O) groups excluding carboxylic acids is 1. The number of hydrogen-bond donors (Lipinski definition) is 3. The molecule has 1 aromatic rings. The largest absolute Gasteiger partial charge is 0.438 e. The van der Waals surface area contributed by atoms with Gasteiger partial charge in [0.1, 0.15) is 0 Å². The van der Waals surface area contributed by atoms with Crippen LogP contribution in [0.2, 0.25) is 0 Å². The predicted octanol–water partition coefficient (Wildman–Crippen LogP) is -0.846. The summed E-state index contributed by atoms with van der Waals surface area (Å²) >= 11 is 0. The SMILES string of the molecule is CNS(=O)(=O)c1ccc(C(=O)NCCNCCOC)o1. The molecule has 8 nitrogen and oxygen atoms in total. The zero-order valence-corrected chi connectivity index (χ0v) is 12.2. The molecule has 0 fully saturated rings. The molecule has 0 bridgehead atoms. The van der Waals surface area contributed by atoms with E-state index in [-0.39, 0.29) is 10.9 Å². The van der Waals surface area contributed by atoms with Crippen molar-refractivity contribution >= 4 is 15.9 Å². The van der Waals surface area contributed by atoms with Crippen molar-refractivity contribution in [2.45, 2.75) is 5.09 Å². The van der Waals surface area contributed by atoms with E-state index < -0.39 is 15.9 Å². The average molecular weight is 305 g/mol. The number of carbonyl (C=O) groups is 1. The molecule has 3 N–H and O–H groups in total. The molecule has 1 rings (SSSR count). The molecule has 0 atom stereocenters. The quantitative estimate of drug-likeness (QED) is 0.513. The van der Waals surface area contributed by atoms with Gasteiger partial charge in [0.05, 0.1) is 6.61 Å². The third-order valence-electron chi connectivity index (χ3n) is 2.41. The maximum atomic E-state index is 11.7. The van der Waals surface area contributed by atoms with Gasteiger partial charge in [-0.1, -0.05) is 0 Å². The first-order valence-electron chi connectivity index (χ1n) is 6.02. The van der Waals surface area contributed by atoms with Crippen LogP contribution in [0.4, 0.5) is 0 Å². The number of ether oxygens (including phenoxy) is 1. The van der Waals surface area contributed by atoms with E-state index in [1.807, 2.05) is 0 Å². The minimum Gasteiger partial charge on any atom is -0.438 e. The Morgan fingerprint density at radius 2 is 2.05 bits per heavy atom. The van der Waals surface area contributed by atoms with Crippen LogP contribution < -0.4 is 15.4 Å². The Hall–Kier alpha value is -1.42. The fraction of sp³-hybridized carbons (Fsp3) is 0.545. The predicted molar refractivity (Wildman–Crippen MR) is 72.0 cm³/mol. The van der Waals surface area contributed by atoms with Crippen molar-refractivity contribution in [1.82, 2.24) is 15.4 Å². The zero-order valence-electron chi connectivity index (χ0n) is 11.4. The highest BCUT2D eigenvalue weighted by Gasteiger charge is 2.19. The van der Waals surface area contributed by atoms with Gasteiger partial charge in [-0.2, -0.15) is 0 Å². The normalized spacial score (nSPS) is 11.5. The van der Waals surface area contributed by atoms with E-state index in [9.17, 15) is 13.2 Å². The number of methoxy groups -OCH3 is 1. The molecule has 0 saturated carbocycles. The average Bonchev–Trinajstić information content (AvgIpc) is 2.93. The van der Waals surface area contributed by atoms with Crippen molar-refractivity contribution < 1.29 is 22.4 Å². The molecule has 0 aromatic carbocycles. The summed E-state index contributed by atoms with van der Waals surface area (Å²) in [5.41, 5.74) is 0. The lowest BCUT2D eigenvalue weighted by atomic mass is 10.4. The lowest BCUT2D eigenvalue weighted by Gasteiger charge is -2.05. The van der Waals surface area contributed by atoms with Crippen LogP contribution in [0.1, 0.15) is 10.6 Å². The van der Waals surface area contributed by atoms with E-state index in [4.69, 9.17) is 9.15 Å². The third kappa shape index (κ3) is 4.93. The molecule has 0 spiro atoms. The summed E-state index contributed by atoms with van der Waals surface area (Å²) in [5, 5.41) is 5.37. The Bertz CT molecular complexity index is 526. The van der Waals surface area contributed by atoms with Crippen LogP contribution in [0.3, 0.4) is 0 Å². The maximum absolute atomic E-state index is 11.7. The van der Waals surface area contributed by atoms with E-state index in [1.165, 1.54) is 19.2 Å². The zero-order chi connectivity index (χ0) is 15.0. The maximum Gasteiger partial charge on any atom is 0.287 e. The summed E-state index contributed by atoms with van der Waals surface area (Å²) in [4.78, 5) is 11.7. The van der Waals surface area contributed by atoms with Crippen molar-refractivity contribution in [3.8, 4) is 0 Å². The van der Waals surface area contributed by atoms with Crippen LogP contribution in [0.15, 0.2) is 21.6 Å². The Kier molecular flexibility index (Phi) is 6.65. The number of hydrogen-bond acceptors (Lipinski definition) is 6. The van der Waals surface area contributed by atoms with E-state index in [0.717, 1.165) is 0 Å². The van der Waals surface area contributed by atoms with Gasteiger partial charge in [0.15, 0.2) is 5.76 Å². The molecular weight excluding hydrogens is 286 g/mol. The third-order valence-corrected chi connectivity index (χ3v) is 3.70. The topological polar surface area (TPSA) is 110 Å². The van der Waals surface area contributed by atoms with Crippen LogP contribution in [0.5, 0.6) is 0 Å². The molecule has 1 aromatic heterocycles. The Morgan fingerprint density at radius 3 is 2.70 bits per heavy atom. The first-order chi connectivity index (χ1) is 9.51. The second-order valence-corrected chi connectivity index (χ2v) is 5.64. The van der Waals surface area contributed by atoms with E-state index in [1.54, 1.807) is 7.11 Å². The molecule has 0 saturated heterocycles. The second-order valence-electron chi connectivity index (χ2n) is 3.82. The van der Waals surface area contributed by atoms with Gasteiger partial charge in [0.2, 0.25) is 5.09 Å². The van der Waals surface area contributed by atoms with Gasteiger partial charge >= 0.3 is 0 Å². The number of rotatable bonds is 9. The Morgan fingerprint density at radius 1 is 1.30 bits per heavy atom. The number of nitrogens with one attached hydrogen (secondary N) is 3. The summed E-state index contributed by atoms with van der Waals surface area (Å²) in [6, 6.07) is 2.55. The number of sulfonamides is 1. The van der Waals surface area contributed by atoms with Gasteiger partial charge in [-0.05, 0) is 19.2 Å². The van der Waals surface area contributed by atoms with Gasteiger partial charge < -0.3 is 19.8 Å². The summed E-state index contributed by atoms with van der Waals surface area (Å²) in [6.45, 7) is 2.27. The van der Waals surface area contributed by atoms with Crippen molar-refractivity contribution in [3.05, 3.63) is 17.9 Å². The van der Waals surface area contributed by atoms with E-state index in [0.29, 0.717) is 26.2 Å². The molecule has 0 unspecified atom stereocenters. The molecular formula is C11H19N3O5S. The van der Waals surface area contributed by atoms with E-state index >= 15 is 0 Å². The highest BCUT2D eigenvalue weighted by atomic mass is 32.2. The lowest BCUT2D eigenvalue weighted by molar-refractivity contribution is 0.0920. The van der Waals surface area contributed by atoms with Crippen molar-refractivity contribution in [1.29, 1.82) is 0 Å². The number of furan rings is 1. The van der Waals surface area contributed by atoms with Crippen molar-refractivity contribution in [2.75, 3.05) is 40.4 Å². The molecule has 1 amide bonds. The first kappa shape index (κ1) is 16.6. The monoisotopic (exact) mass is 305 g/mol. The smallest absolute Gasteiger partial charge is 0.287 e. The fourth-order valence-corrected chi connectivity index (χ4v) is 1.99. The second kappa shape index (κ2) is 8.00. The summed E-state index contributed by atoms with van der Waals surface area (Å²) in [5.74, 6) is -0.508. The number of amides is 1. The molecule has 114 valence electrons. The lowest BCUT2D eigenvalue weighted by Crippen LogP contribution is -2.32. The molecule has 0 radical (unpaired) electrons. The van der Waals surface area contributed by atoms with Gasteiger partial charge in [-0.25, -0.2) is 13.1 Å². The van der Waals surface area contributed by atoms with Gasteiger partial charge in [-0.3, -0.25) is 4.79 Å². The van der Waals surface area contributed by atoms with Gasteiger partial charge in [0.25, 0.3) is 15.9 Å². The van der Waals surface area contributed by atoms with Crippen LogP contribution in [0.25, 0.3) is 0 Å². The Labute approximate surface area is 117 Å². The summed E-state index contributed by atoms with van der Waals surface area (Å²) < 4.78 is 34.8. The van der Waals surface area contributed by atoms with Crippen LogP contribution in [-0.4, -0.2) is 54.7 Å². The Balaban J connectivity index is 2.41. The van der Waals surface area contributed by atoms with Crippen LogP contribution in [0, 0.1) is 0 Å². The highest BCUT2D eigenvalue weighted by Crippen LogP contribution is 2.13. The van der Waals surface area contributed by atoms with Crippen molar-refractivity contribution in [2.24, 2.45) is 0 Å². The molecule has 20 heavy (non-hydrogen) atoms. The minimum absolute atomic E-state index is 0.0456. The fourth-order valence-electron chi connectivity index (χ4n) is 1.34. The first-order valence-corrected chi connectivity index (χ1v) is 7.51. The minimum atomic E-state index is -3.67. The molecule has 1 heterocycles. The van der Waals surface area contributed by atoms with Crippen molar-refractivity contribution in [3.63, 3.8) is 0 Å². The van der Waals surface area contributed by atoms with Gasteiger partial charge in [0, 0.05) is 26.7 Å². The summed E-state index contributed by atoms with van der Waals surface area (Å²) in [6.07, 6.45) is 0. The molecule has 0 aliphatic heterocycles. The summed E-state index contributed by atoms with van der Waals surface area (Å²) in [7, 11) is -0.794. The molecule has 0 aliphatic carbocycles. The molecule has 0 aliphatic rings. The van der Waals surface area contributed by atoms with Crippen LogP contribution >= 0.6 is 0 Å². The standard InChI is InChI=1S/C11H19N3O5S/c1-12-20(16,17)10-4-3-9(19-10)11(15)14-6-5-13-7-8-18-2/h3-4,12-13H,5-8H2,1-2H3,(H,14,15). The van der Waals surface area contributed by atoms with E-state index in [2.05, 4.69) is 15.4 Å². The molecule has 9 heteroatoms. The van der Waals surface area contributed by atoms with Gasteiger partial charge in [-0.15, -0.1) is 0 Å². The highest BCUT2D eigenvalue weighted by molar-refractivity contribution is 7.89.